The lowest BCUT2D eigenvalue weighted by molar-refractivity contribution is -0.136. The standard InChI is InChI=1S/C14H22ClNO3/c1-2-3-6-11-19-12(15)7-4-5-10-16-13(17)8-9-14(16)18/h8-9,12H,2-7,10-11H2,1H3. The molecule has 1 unspecified atom stereocenters. The summed E-state index contributed by atoms with van der Waals surface area (Å²) < 4.78 is 5.46. The van der Waals surface area contributed by atoms with Crippen molar-refractivity contribution >= 4 is 23.4 Å². The second kappa shape index (κ2) is 9.10. The Morgan fingerprint density at radius 2 is 1.84 bits per heavy atom. The van der Waals surface area contributed by atoms with Crippen LogP contribution in [-0.4, -0.2) is 35.4 Å². The van der Waals surface area contributed by atoms with Gasteiger partial charge in [0.05, 0.1) is 0 Å². The van der Waals surface area contributed by atoms with Crippen LogP contribution in [0.15, 0.2) is 12.2 Å². The summed E-state index contributed by atoms with van der Waals surface area (Å²) in [7, 11) is 0. The number of halogens is 1. The van der Waals surface area contributed by atoms with Crippen LogP contribution in [-0.2, 0) is 14.3 Å². The Labute approximate surface area is 119 Å². The largest absolute Gasteiger partial charge is 0.362 e. The molecule has 0 spiro atoms. The molecule has 1 aliphatic rings. The molecule has 0 aliphatic carbocycles. The lowest BCUT2D eigenvalue weighted by Gasteiger charge is -2.14. The molecular formula is C14H22ClNO3. The monoisotopic (exact) mass is 287 g/mol. The molecule has 0 bridgehead atoms. The highest BCUT2D eigenvalue weighted by molar-refractivity contribution is 6.19. The number of amides is 2. The predicted molar refractivity (Wildman–Crippen MR) is 74.8 cm³/mol. The molecule has 1 rings (SSSR count). The minimum absolute atomic E-state index is 0.219. The van der Waals surface area contributed by atoms with Crippen molar-refractivity contribution in [2.24, 2.45) is 0 Å². The maximum absolute atomic E-state index is 11.3. The topological polar surface area (TPSA) is 46.6 Å². The number of rotatable bonds is 10. The van der Waals surface area contributed by atoms with Crippen LogP contribution in [0.3, 0.4) is 0 Å². The lowest BCUT2D eigenvalue weighted by atomic mass is 10.2. The number of hydrogen-bond donors (Lipinski definition) is 0. The number of carbonyl (C=O) groups is 2. The molecule has 0 aromatic rings. The zero-order valence-corrected chi connectivity index (χ0v) is 12.2. The average Bonchev–Trinajstić information content (AvgIpc) is 2.71. The number of carbonyl (C=O) groups excluding carboxylic acids is 2. The van der Waals surface area contributed by atoms with E-state index < -0.39 is 0 Å². The van der Waals surface area contributed by atoms with Gasteiger partial charge >= 0.3 is 0 Å². The molecule has 19 heavy (non-hydrogen) atoms. The molecular weight excluding hydrogens is 266 g/mol. The molecule has 1 atom stereocenters. The smallest absolute Gasteiger partial charge is 0.253 e. The van der Waals surface area contributed by atoms with Crippen molar-refractivity contribution in [3.05, 3.63) is 12.2 Å². The Bertz CT molecular complexity index is 313. The highest BCUT2D eigenvalue weighted by atomic mass is 35.5. The molecule has 0 N–H and O–H groups in total. The fraction of sp³-hybridized carbons (Fsp3) is 0.714. The van der Waals surface area contributed by atoms with Crippen LogP contribution in [0.1, 0.15) is 45.4 Å². The highest BCUT2D eigenvalue weighted by Gasteiger charge is 2.22. The predicted octanol–water partition coefficient (Wildman–Crippen LogP) is 2.85. The third-order valence-electron chi connectivity index (χ3n) is 3.01. The maximum atomic E-state index is 11.3. The average molecular weight is 288 g/mol. The Hall–Kier alpha value is -0.870. The van der Waals surface area contributed by atoms with E-state index in [1.54, 1.807) is 0 Å². The molecule has 1 aliphatic heterocycles. The minimum Gasteiger partial charge on any atom is -0.362 e. The SMILES string of the molecule is CCCCCOC(Cl)CCCCN1C(=O)C=CC1=O. The van der Waals surface area contributed by atoms with E-state index in [9.17, 15) is 9.59 Å². The Morgan fingerprint density at radius 3 is 2.47 bits per heavy atom. The normalized spacial score (nSPS) is 16.4. The first-order valence-corrected chi connectivity index (χ1v) is 7.38. The Morgan fingerprint density at radius 1 is 1.16 bits per heavy atom. The van der Waals surface area contributed by atoms with Crippen LogP contribution < -0.4 is 0 Å². The third-order valence-corrected chi connectivity index (χ3v) is 3.35. The molecule has 2 amide bonds. The summed E-state index contributed by atoms with van der Waals surface area (Å²) in [6.07, 6.45) is 8.35. The molecule has 108 valence electrons. The van der Waals surface area contributed by atoms with Crippen molar-refractivity contribution in [2.75, 3.05) is 13.2 Å². The summed E-state index contributed by atoms with van der Waals surface area (Å²) in [6, 6.07) is 0. The fourth-order valence-corrected chi connectivity index (χ4v) is 2.12. The van der Waals surface area contributed by atoms with Gasteiger partial charge in [0, 0.05) is 25.3 Å². The first kappa shape index (κ1) is 16.2. The van der Waals surface area contributed by atoms with Gasteiger partial charge in [-0.25, -0.2) is 0 Å². The zero-order chi connectivity index (χ0) is 14.1. The van der Waals surface area contributed by atoms with E-state index in [4.69, 9.17) is 16.3 Å². The van der Waals surface area contributed by atoms with E-state index in [2.05, 4.69) is 6.92 Å². The van der Waals surface area contributed by atoms with Gasteiger partial charge in [-0.1, -0.05) is 31.4 Å². The Kier molecular flexibility index (Phi) is 7.75. The van der Waals surface area contributed by atoms with Gasteiger partial charge in [-0.05, 0) is 25.7 Å². The van der Waals surface area contributed by atoms with Gasteiger partial charge in [0.25, 0.3) is 11.8 Å². The van der Waals surface area contributed by atoms with E-state index in [0.29, 0.717) is 13.2 Å². The number of imide groups is 1. The number of ether oxygens (including phenoxy) is 1. The van der Waals surface area contributed by atoms with E-state index in [-0.39, 0.29) is 17.4 Å². The van der Waals surface area contributed by atoms with Gasteiger partial charge in [0.15, 0.2) is 0 Å². The summed E-state index contributed by atoms with van der Waals surface area (Å²) in [5, 5.41) is 0. The first-order chi connectivity index (χ1) is 9.15. The number of nitrogens with zero attached hydrogens (tertiary/aromatic N) is 1. The molecule has 0 saturated heterocycles. The van der Waals surface area contributed by atoms with E-state index in [1.807, 2.05) is 0 Å². The van der Waals surface area contributed by atoms with Crippen molar-refractivity contribution in [3.63, 3.8) is 0 Å². The number of hydrogen-bond acceptors (Lipinski definition) is 3. The van der Waals surface area contributed by atoms with Crippen LogP contribution in [0.2, 0.25) is 0 Å². The summed E-state index contributed by atoms with van der Waals surface area (Å²) in [4.78, 5) is 23.8. The van der Waals surface area contributed by atoms with Crippen molar-refractivity contribution < 1.29 is 14.3 Å². The third kappa shape index (κ3) is 6.21. The van der Waals surface area contributed by atoms with Crippen molar-refractivity contribution in [1.82, 2.24) is 4.90 Å². The van der Waals surface area contributed by atoms with Gasteiger partial charge < -0.3 is 4.74 Å². The van der Waals surface area contributed by atoms with Crippen LogP contribution in [0.25, 0.3) is 0 Å². The quantitative estimate of drug-likeness (QED) is 0.353. The highest BCUT2D eigenvalue weighted by Crippen LogP contribution is 2.12. The second-order valence-electron chi connectivity index (χ2n) is 4.65. The summed E-state index contributed by atoms with van der Waals surface area (Å²) >= 11 is 6.03. The fourth-order valence-electron chi connectivity index (χ4n) is 1.87. The second-order valence-corrected chi connectivity index (χ2v) is 5.13. The summed E-state index contributed by atoms with van der Waals surface area (Å²) in [6.45, 7) is 3.31. The molecule has 4 nitrogen and oxygen atoms in total. The van der Waals surface area contributed by atoms with Gasteiger partial charge in [-0.3, -0.25) is 14.5 Å². The van der Waals surface area contributed by atoms with Gasteiger partial charge in [0.1, 0.15) is 5.56 Å². The molecule has 0 aromatic heterocycles. The Balaban J connectivity index is 2.01. The lowest BCUT2D eigenvalue weighted by Crippen LogP contribution is -2.30. The van der Waals surface area contributed by atoms with Crippen LogP contribution in [0.4, 0.5) is 0 Å². The van der Waals surface area contributed by atoms with Crippen LogP contribution in [0, 0.1) is 0 Å². The molecule has 0 radical (unpaired) electrons. The minimum atomic E-state index is -0.264. The van der Waals surface area contributed by atoms with Crippen LogP contribution in [0.5, 0.6) is 0 Å². The van der Waals surface area contributed by atoms with E-state index in [0.717, 1.165) is 32.1 Å². The van der Waals surface area contributed by atoms with E-state index >= 15 is 0 Å². The van der Waals surface area contributed by atoms with Crippen molar-refractivity contribution in [1.29, 1.82) is 0 Å². The molecule has 0 fully saturated rings. The molecule has 5 heteroatoms. The summed E-state index contributed by atoms with van der Waals surface area (Å²) in [5.74, 6) is -0.438. The van der Waals surface area contributed by atoms with Gasteiger partial charge in [-0.2, -0.15) is 0 Å². The van der Waals surface area contributed by atoms with Crippen LogP contribution >= 0.6 is 11.6 Å². The molecule has 0 aromatic carbocycles. The number of alkyl halides is 1. The molecule has 0 saturated carbocycles. The maximum Gasteiger partial charge on any atom is 0.253 e. The zero-order valence-electron chi connectivity index (χ0n) is 11.4. The van der Waals surface area contributed by atoms with Crippen molar-refractivity contribution in [2.45, 2.75) is 51.0 Å². The molecule has 1 heterocycles. The van der Waals surface area contributed by atoms with Gasteiger partial charge in [-0.15, -0.1) is 0 Å². The number of unbranched alkanes of at least 4 members (excludes halogenated alkanes) is 3. The van der Waals surface area contributed by atoms with Gasteiger partial charge in [0.2, 0.25) is 0 Å². The summed E-state index contributed by atoms with van der Waals surface area (Å²) in [5.41, 5.74) is -0.264. The van der Waals surface area contributed by atoms with E-state index in [1.165, 1.54) is 23.5 Å². The van der Waals surface area contributed by atoms with Crippen molar-refractivity contribution in [3.8, 4) is 0 Å². The first-order valence-electron chi connectivity index (χ1n) is 6.94.